The van der Waals surface area contributed by atoms with Gasteiger partial charge in [0.15, 0.2) is 0 Å². The zero-order chi connectivity index (χ0) is 16.1. The van der Waals surface area contributed by atoms with E-state index in [4.69, 9.17) is 0 Å². The fourth-order valence-corrected chi connectivity index (χ4v) is 3.23. The van der Waals surface area contributed by atoms with Crippen molar-refractivity contribution in [2.24, 2.45) is 7.05 Å². The lowest BCUT2D eigenvalue weighted by molar-refractivity contribution is 0.843. The minimum Gasteiger partial charge on any atom is -0.293 e. The molecule has 23 heavy (non-hydrogen) atoms. The van der Waals surface area contributed by atoms with Crippen LogP contribution in [0.5, 0.6) is 0 Å². The van der Waals surface area contributed by atoms with Gasteiger partial charge in [0, 0.05) is 23.1 Å². The van der Waals surface area contributed by atoms with E-state index in [1.807, 2.05) is 31.2 Å². The number of imidazole rings is 1. The van der Waals surface area contributed by atoms with Crippen molar-refractivity contribution in [2.75, 3.05) is 0 Å². The molecule has 0 aliphatic heterocycles. The van der Waals surface area contributed by atoms with Crippen LogP contribution in [0, 0.1) is 6.92 Å². The van der Waals surface area contributed by atoms with Crippen LogP contribution in [-0.2, 0) is 7.05 Å². The van der Waals surface area contributed by atoms with E-state index in [9.17, 15) is 4.79 Å². The summed E-state index contributed by atoms with van der Waals surface area (Å²) in [6.45, 7) is 1.96. The van der Waals surface area contributed by atoms with Crippen LogP contribution in [0.15, 0.2) is 52.1 Å². The van der Waals surface area contributed by atoms with E-state index < -0.39 is 0 Å². The average Bonchev–Trinajstić information content (AvgIpc) is 2.79. The van der Waals surface area contributed by atoms with Crippen molar-refractivity contribution in [3.05, 3.63) is 63.4 Å². The predicted octanol–water partition coefficient (Wildman–Crippen LogP) is 3.34. The van der Waals surface area contributed by atoms with Crippen molar-refractivity contribution in [3.8, 4) is 5.69 Å². The summed E-state index contributed by atoms with van der Waals surface area (Å²) in [4.78, 5) is 21.5. The molecule has 6 heteroatoms. The van der Waals surface area contributed by atoms with Crippen LogP contribution in [0.1, 0.15) is 5.56 Å². The molecule has 4 aromatic rings. The first-order valence-electron chi connectivity index (χ1n) is 7.14. The fourth-order valence-electron chi connectivity index (χ4n) is 2.87. The van der Waals surface area contributed by atoms with Crippen LogP contribution in [0.2, 0.25) is 0 Å². The summed E-state index contributed by atoms with van der Waals surface area (Å²) in [5.74, 6) is 0. The number of hydrogen-bond acceptors (Lipinski definition) is 3. The minimum atomic E-state index is -0.110. The van der Waals surface area contributed by atoms with Crippen LogP contribution in [0.3, 0.4) is 0 Å². The van der Waals surface area contributed by atoms with Crippen molar-refractivity contribution >= 4 is 37.9 Å². The molecule has 0 saturated carbocycles. The van der Waals surface area contributed by atoms with Gasteiger partial charge in [0.05, 0.1) is 34.6 Å². The Morgan fingerprint density at radius 2 is 1.96 bits per heavy atom. The number of hydrogen-bond donors (Lipinski definition) is 0. The molecule has 4 rings (SSSR count). The number of nitrogens with zero attached hydrogens (tertiary/aromatic N) is 4. The number of pyridine rings is 2. The second-order valence-electron chi connectivity index (χ2n) is 5.55. The summed E-state index contributed by atoms with van der Waals surface area (Å²) in [5, 5.41) is 0.927. The largest absolute Gasteiger partial charge is 0.333 e. The number of fused-ring (bicyclic) bond motifs is 3. The molecule has 0 bridgehead atoms. The molecular weight excluding hydrogens is 356 g/mol. The highest BCUT2D eigenvalue weighted by Gasteiger charge is 2.16. The molecule has 0 unspecified atom stereocenters. The van der Waals surface area contributed by atoms with Gasteiger partial charge in [0.1, 0.15) is 0 Å². The van der Waals surface area contributed by atoms with Gasteiger partial charge in [-0.2, -0.15) is 0 Å². The molecule has 114 valence electrons. The van der Waals surface area contributed by atoms with Gasteiger partial charge in [-0.05, 0) is 36.8 Å². The maximum atomic E-state index is 12.8. The molecular formula is C17H13BrN4O. The van der Waals surface area contributed by atoms with Crippen molar-refractivity contribution in [1.82, 2.24) is 19.1 Å². The van der Waals surface area contributed by atoms with E-state index in [2.05, 4.69) is 25.9 Å². The van der Waals surface area contributed by atoms with E-state index in [0.29, 0.717) is 0 Å². The van der Waals surface area contributed by atoms with Gasteiger partial charge in [-0.1, -0.05) is 15.9 Å². The lowest BCUT2D eigenvalue weighted by Gasteiger charge is -2.06. The molecule has 0 spiro atoms. The van der Waals surface area contributed by atoms with Crippen molar-refractivity contribution in [3.63, 3.8) is 0 Å². The quantitative estimate of drug-likeness (QED) is 0.517. The molecule has 0 N–H and O–H groups in total. The number of rotatable bonds is 1. The Morgan fingerprint density at radius 3 is 2.74 bits per heavy atom. The zero-order valence-corrected chi connectivity index (χ0v) is 14.2. The van der Waals surface area contributed by atoms with Gasteiger partial charge < -0.3 is 0 Å². The normalized spacial score (nSPS) is 11.4. The third-order valence-corrected chi connectivity index (χ3v) is 4.46. The Bertz CT molecular complexity index is 1130. The fraction of sp³-hybridized carbons (Fsp3) is 0.118. The van der Waals surface area contributed by atoms with Gasteiger partial charge in [-0.25, -0.2) is 4.79 Å². The van der Waals surface area contributed by atoms with Crippen molar-refractivity contribution in [1.29, 1.82) is 0 Å². The SMILES string of the molecule is Cc1cncc(-n2c(=O)n(C)c3cnc4ccc(Br)cc4c32)c1. The lowest BCUT2D eigenvalue weighted by atomic mass is 10.2. The lowest BCUT2D eigenvalue weighted by Crippen LogP contribution is -2.21. The van der Waals surface area contributed by atoms with Crippen LogP contribution in [0.25, 0.3) is 27.6 Å². The highest BCUT2D eigenvalue weighted by Crippen LogP contribution is 2.27. The van der Waals surface area contributed by atoms with Gasteiger partial charge in [-0.3, -0.25) is 19.1 Å². The molecule has 0 amide bonds. The molecule has 0 radical (unpaired) electrons. The Balaban J connectivity index is 2.25. The molecule has 3 heterocycles. The second-order valence-corrected chi connectivity index (χ2v) is 6.47. The maximum Gasteiger partial charge on any atom is 0.333 e. The molecule has 0 fully saturated rings. The van der Waals surface area contributed by atoms with Gasteiger partial charge in [0.25, 0.3) is 0 Å². The summed E-state index contributed by atoms with van der Waals surface area (Å²) in [5.41, 5.74) is 4.14. The third kappa shape index (κ3) is 2.09. The van der Waals surface area contributed by atoms with Gasteiger partial charge in [-0.15, -0.1) is 0 Å². The standard InChI is InChI=1S/C17H13BrN4O/c1-10-5-12(8-19-7-10)22-16-13-6-11(18)3-4-14(13)20-9-15(16)21(2)17(22)23/h3-9H,1-2H3. The molecule has 3 aromatic heterocycles. The summed E-state index contributed by atoms with van der Waals surface area (Å²) >= 11 is 3.50. The summed E-state index contributed by atoms with van der Waals surface area (Å²) < 4.78 is 4.26. The molecule has 5 nitrogen and oxygen atoms in total. The summed E-state index contributed by atoms with van der Waals surface area (Å²) in [6.07, 6.45) is 5.22. The van der Waals surface area contributed by atoms with Gasteiger partial charge >= 0.3 is 5.69 Å². The maximum absolute atomic E-state index is 12.8. The monoisotopic (exact) mass is 368 g/mol. The Kier molecular flexibility index (Phi) is 3.09. The molecule has 0 aliphatic carbocycles. The number of aryl methyl sites for hydroxylation is 2. The Hall–Kier alpha value is -2.47. The summed E-state index contributed by atoms with van der Waals surface area (Å²) in [6, 6.07) is 7.83. The minimum absolute atomic E-state index is 0.110. The Labute approximate surface area is 140 Å². The first-order valence-corrected chi connectivity index (χ1v) is 7.93. The molecule has 0 atom stereocenters. The molecule has 0 saturated heterocycles. The molecule has 1 aromatic carbocycles. The van der Waals surface area contributed by atoms with Crippen molar-refractivity contribution < 1.29 is 0 Å². The zero-order valence-electron chi connectivity index (χ0n) is 12.6. The van der Waals surface area contributed by atoms with E-state index in [1.165, 1.54) is 0 Å². The average molecular weight is 369 g/mol. The number of benzene rings is 1. The predicted molar refractivity (Wildman–Crippen MR) is 94.0 cm³/mol. The topological polar surface area (TPSA) is 52.7 Å². The van der Waals surface area contributed by atoms with E-state index in [-0.39, 0.29) is 5.69 Å². The third-order valence-electron chi connectivity index (χ3n) is 3.96. The van der Waals surface area contributed by atoms with Crippen LogP contribution in [0.4, 0.5) is 0 Å². The first-order chi connectivity index (χ1) is 11.1. The Morgan fingerprint density at radius 1 is 1.13 bits per heavy atom. The second kappa shape index (κ2) is 5.03. The smallest absolute Gasteiger partial charge is 0.293 e. The van der Waals surface area contributed by atoms with Crippen LogP contribution in [-0.4, -0.2) is 19.1 Å². The highest BCUT2D eigenvalue weighted by atomic mass is 79.9. The van der Waals surface area contributed by atoms with Gasteiger partial charge in [0.2, 0.25) is 0 Å². The van der Waals surface area contributed by atoms with E-state index in [1.54, 1.807) is 34.8 Å². The molecule has 0 aliphatic rings. The van der Waals surface area contributed by atoms with Crippen LogP contribution >= 0.6 is 15.9 Å². The first kappa shape index (κ1) is 14.1. The van der Waals surface area contributed by atoms with E-state index in [0.717, 1.165) is 37.7 Å². The van der Waals surface area contributed by atoms with Crippen LogP contribution < -0.4 is 5.69 Å². The number of halogens is 1. The number of aromatic nitrogens is 4. The van der Waals surface area contributed by atoms with E-state index >= 15 is 0 Å². The summed E-state index contributed by atoms with van der Waals surface area (Å²) in [7, 11) is 1.76. The van der Waals surface area contributed by atoms with Crippen molar-refractivity contribution in [2.45, 2.75) is 6.92 Å². The highest BCUT2D eigenvalue weighted by molar-refractivity contribution is 9.10.